The Morgan fingerprint density at radius 2 is 1.86 bits per heavy atom. The highest BCUT2D eigenvalue weighted by Gasteiger charge is 2.43. The number of rotatable bonds is 5. The average Bonchev–Trinajstić information content (AvgIpc) is 2.69. The number of carbonyl (C=O) groups excluding carboxylic acids is 1. The first kappa shape index (κ1) is 21.8. The van der Waals surface area contributed by atoms with Gasteiger partial charge in [-0.15, -0.1) is 0 Å². The minimum absolute atomic E-state index is 0.0500. The van der Waals surface area contributed by atoms with Crippen molar-refractivity contribution < 1.29 is 23.1 Å². The van der Waals surface area contributed by atoms with Crippen LogP contribution in [0.3, 0.4) is 0 Å². The molecule has 0 radical (unpaired) electrons. The van der Waals surface area contributed by atoms with E-state index in [0.717, 1.165) is 12.3 Å². The molecule has 2 N–H and O–H groups in total. The summed E-state index contributed by atoms with van der Waals surface area (Å²) >= 11 is 12.1. The number of nitrogens with zero attached hydrogens (tertiary/aromatic N) is 2. The predicted molar refractivity (Wildman–Crippen MR) is 102 cm³/mol. The average molecular weight is 448 g/mol. The smallest absolute Gasteiger partial charge is 0.272 e. The number of pyridine rings is 2. The molecule has 2 aromatic heterocycles. The van der Waals surface area contributed by atoms with Gasteiger partial charge < -0.3 is 10.4 Å². The molecule has 0 spiro atoms. The van der Waals surface area contributed by atoms with Crippen LogP contribution in [-0.4, -0.2) is 32.8 Å². The summed E-state index contributed by atoms with van der Waals surface area (Å²) in [6, 6.07) is 3.11. The Kier molecular flexibility index (Phi) is 6.65. The molecule has 1 unspecified atom stereocenters. The molecule has 3 rings (SSSR count). The fourth-order valence-electron chi connectivity index (χ4n) is 3.47. The Morgan fingerprint density at radius 1 is 1.17 bits per heavy atom. The topological polar surface area (TPSA) is 75.1 Å². The lowest BCUT2D eigenvalue weighted by atomic mass is 9.76. The second-order valence-corrected chi connectivity index (χ2v) is 7.67. The van der Waals surface area contributed by atoms with Gasteiger partial charge in [0.15, 0.2) is 0 Å². The number of hydrogen-bond acceptors (Lipinski definition) is 4. The van der Waals surface area contributed by atoms with Crippen LogP contribution < -0.4 is 5.32 Å². The predicted octanol–water partition coefficient (Wildman–Crippen LogP) is 4.84. The fourth-order valence-corrected chi connectivity index (χ4v) is 3.98. The zero-order valence-corrected chi connectivity index (χ0v) is 16.6. The standard InChI is InChI=1S/C19H18Cl2F3N3O2/c20-13-11(17(23)24)5-9-25-14(13)18(28)27-15(12-2-1-8-26-16(12)21)19(29)6-3-10(22)4-7-19/h1-2,5,8-10,15,17,29H,3-4,6-7H2,(H,27,28)/t10-,15?,19-. The van der Waals surface area contributed by atoms with Gasteiger partial charge in [-0.1, -0.05) is 29.3 Å². The van der Waals surface area contributed by atoms with Crippen LogP contribution in [0.1, 0.15) is 59.8 Å². The molecule has 0 aromatic carbocycles. The number of aromatic nitrogens is 2. The van der Waals surface area contributed by atoms with E-state index in [4.69, 9.17) is 23.2 Å². The SMILES string of the molecule is O=C(NC(c1cccnc1Cl)[C@]1(O)CC[C@H](F)CC1)c1nccc(C(F)F)c1Cl. The van der Waals surface area contributed by atoms with Crippen molar-refractivity contribution in [2.75, 3.05) is 0 Å². The highest BCUT2D eigenvalue weighted by molar-refractivity contribution is 6.34. The van der Waals surface area contributed by atoms with Crippen molar-refractivity contribution in [2.45, 2.75) is 49.9 Å². The normalized spacial score (nSPS) is 23.1. The first-order valence-electron chi connectivity index (χ1n) is 8.93. The van der Waals surface area contributed by atoms with E-state index < -0.39 is 46.4 Å². The summed E-state index contributed by atoms with van der Waals surface area (Å²) in [4.78, 5) is 20.6. The van der Waals surface area contributed by atoms with Crippen molar-refractivity contribution >= 4 is 29.1 Å². The van der Waals surface area contributed by atoms with Gasteiger partial charge in [0.1, 0.15) is 17.0 Å². The third kappa shape index (κ3) is 4.65. The molecule has 1 amide bonds. The van der Waals surface area contributed by atoms with Gasteiger partial charge in [-0.05, 0) is 37.8 Å². The van der Waals surface area contributed by atoms with E-state index in [1.165, 1.54) is 6.20 Å². The van der Waals surface area contributed by atoms with Crippen LogP contribution in [0.15, 0.2) is 30.6 Å². The number of aliphatic hydroxyl groups is 1. The van der Waals surface area contributed by atoms with Gasteiger partial charge in [-0.25, -0.2) is 23.1 Å². The maximum atomic E-state index is 13.6. The monoisotopic (exact) mass is 447 g/mol. The summed E-state index contributed by atoms with van der Waals surface area (Å²) in [5.41, 5.74) is -2.11. The third-order valence-corrected chi connectivity index (χ3v) is 5.77. The maximum absolute atomic E-state index is 13.6. The lowest BCUT2D eigenvalue weighted by Gasteiger charge is -2.40. The van der Waals surface area contributed by atoms with E-state index in [1.54, 1.807) is 12.1 Å². The number of hydrogen-bond donors (Lipinski definition) is 2. The van der Waals surface area contributed by atoms with Gasteiger partial charge in [0.2, 0.25) is 0 Å². The molecule has 1 atom stereocenters. The van der Waals surface area contributed by atoms with E-state index in [2.05, 4.69) is 15.3 Å². The minimum Gasteiger partial charge on any atom is -0.387 e. The van der Waals surface area contributed by atoms with E-state index in [1.807, 2.05) is 0 Å². The van der Waals surface area contributed by atoms with E-state index >= 15 is 0 Å². The molecule has 1 aliphatic carbocycles. The Balaban J connectivity index is 1.97. The summed E-state index contributed by atoms with van der Waals surface area (Å²) < 4.78 is 39.8. The maximum Gasteiger partial charge on any atom is 0.272 e. The van der Waals surface area contributed by atoms with Gasteiger partial charge in [0.05, 0.1) is 16.7 Å². The molecule has 0 saturated heterocycles. The Morgan fingerprint density at radius 3 is 2.48 bits per heavy atom. The Bertz CT molecular complexity index is 893. The molecule has 1 saturated carbocycles. The highest BCUT2D eigenvalue weighted by atomic mass is 35.5. The molecule has 10 heteroatoms. The van der Waals surface area contributed by atoms with E-state index in [0.29, 0.717) is 5.56 Å². The summed E-state index contributed by atoms with van der Waals surface area (Å²) in [5, 5.41) is 13.4. The van der Waals surface area contributed by atoms with Gasteiger partial charge in [0, 0.05) is 23.5 Å². The molecule has 0 bridgehead atoms. The Hall–Kier alpha value is -1.90. The fraction of sp³-hybridized carbons (Fsp3) is 0.421. The van der Waals surface area contributed by atoms with Gasteiger partial charge >= 0.3 is 0 Å². The first-order valence-corrected chi connectivity index (χ1v) is 9.69. The number of nitrogens with one attached hydrogen (secondary N) is 1. The largest absolute Gasteiger partial charge is 0.387 e. The van der Waals surface area contributed by atoms with Crippen LogP contribution in [-0.2, 0) is 0 Å². The molecule has 2 aromatic rings. The molecular formula is C19H18Cl2F3N3O2. The molecule has 5 nitrogen and oxygen atoms in total. The number of alkyl halides is 3. The van der Waals surface area contributed by atoms with E-state index in [9.17, 15) is 23.1 Å². The zero-order chi connectivity index (χ0) is 21.2. The third-order valence-electron chi connectivity index (χ3n) is 5.06. The van der Waals surface area contributed by atoms with Gasteiger partial charge in [0.25, 0.3) is 12.3 Å². The molecule has 29 heavy (non-hydrogen) atoms. The molecular weight excluding hydrogens is 430 g/mol. The summed E-state index contributed by atoms with van der Waals surface area (Å²) in [5.74, 6) is -0.863. The summed E-state index contributed by atoms with van der Waals surface area (Å²) in [6.07, 6.45) is -1.07. The lowest BCUT2D eigenvalue weighted by molar-refractivity contribution is -0.0446. The highest BCUT2D eigenvalue weighted by Crippen LogP contribution is 2.41. The molecule has 2 heterocycles. The zero-order valence-electron chi connectivity index (χ0n) is 15.1. The van der Waals surface area contributed by atoms with E-state index in [-0.39, 0.29) is 30.8 Å². The quantitative estimate of drug-likeness (QED) is 0.643. The van der Waals surface area contributed by atoms with Crippen molar-refractivity contribution in [2.24, 2.45) is 0 Å². The van der Waals surface area contributed by atoms with Crippen LogP contribution in [0.2, 0.25) is 10.2 Å². The lowest BCUT2D eigenvalue weighted by Crippen LogP contribution is -2.49. The number of amides is 1. The minimum atomic E-state index is -2.88. The second-order valence-electron chi connectivity index (χ2n) is 6.93. The van der Waals surface area contributed by atoms with Crippen molar-refractivity contribution in [3.63, 3.8) is 0 Å². The van der Waals surface area contributed by atoms with Crippen molar-refractivity contribution in [1.29, 1.82) is 0 Å². The van der Waals surface area contributed by atoms with Gasteiger partial charge in [-0.3, -0.25) is 4.79 Å². The van der Waals surface area contributed by atoms with Crippen LogP contribution in [0, 0.1) is 0 Å². The molecule has 1 aliphatic rings. The van der Waals surface area contributed by atoms with Crippen LogP contribution in [0.4, 0.5) is 13.2 Å². The summed E-state index contributed by atoms with van der Waals surface area (Å²) in [6.45, 7) is 0. The number of halogens is 5. The molecule has 1 fully saturated rings. The first-order chi connectivity index (χ1) is 13.7. The second kappa shape index (κ2) is 8.85. The summed E-state index contributed by atoms with van der Waals surface area (Å²) in [7, 11) is 0. The van der Waals surface area contributed by atoms with Crippen molar-refractivity contribution in [3.05, 3.63) is 57.6 Å². The van der Waals surface area contributed by atoms with Crippen LogP contribution in [0.25, 0.3) is 0 Å². The van der Waals surface area contributed by atoms with Crippen molar-refractivity contribution in [3.8, 4) is 0 Å². The Labute approximate surface area is 175 Å². The number of carbonyl (C=O) groups is 1. The van der Waals surface area contributed by atoms with Crippen molar-refractivity contribution in [1.82, 2.24) is 15.3 Å². The molecule has 156 valence electrons. The van der Waals surface area contributed by atoms with Gasteiger partial charge in [-0.2, -0.15) is 0 Å². The van der Waals surface area contributed by atoms with Crippen LogP contribution in [0.5, 0.6) is 0 Å². The molecule has 0 aliphatic heterocycles. The van der Waals surface area contributed by atoms with Crippen LogP contribution >= 0.6 is 23.2 Å².